The molecule has 0 aromatic rings. The van der Waals surface area contributed by atoms with Crippen molar-refractivity contribution in [3.63, 3.8) is 0 Å². The molecule has 0 aromatic carbocycles. The molecule has 0 radical (unpaired) electrons. The average molecular weight is 278 g/mol. The molecule has 0 fully saturated rings. The second-order valence-corrected chi connectivity index (χ2v) is 3.45. The van der Waals surface area contributed by atoms with Crippen LogP contribution in [0.1, 0.15) is 0 Å². The van der Waals surface area contributed by atoms with Gasteiger partial charge in [-0.05, 0) is 46.4 Å². The number of hydrogen-bond acceptors (Lipinski definition) is 4. The first-order chi connectivity index (χ1) is 6.58. The molecule has 0 aliphatic carbocycles. The van der Waals surface area contributed by atoms with Crippen molar-refractivity contribution in [2.75, 3.05) is 0 Å². The summed E-state index contributed by atoms with van der Waals surface area (Å²) in [5.74, 6) is -0.317. The van der Waals surface area contributed by atoms with Gasteiger partial charge in [0, 0.05) is 0 Å². The van der Waals surface area contributed by atoms with E-state index in [1.54, 1.807) is 0 Å². The van der Waals surface area contributed by atoms with E-state index >= 15 is 0 Å². The Balaban J connectivity index is 2.17. The van der Waals surface area contributed by atoms with Gasteiger partial charge in [0.1, 0.15) is 0 Å². The van der Waals surface area contributed by atoms with Gasteiger partial charge in [-0.3, -0.25) is 0 Å². The lowest BCUT2D eigenvalue weighted by Crippen LogP contribution is -1.93. The molecule has 2 aliphatic heterocycles. The maximum Gasteiger partial charge on any atom is 0.378 e. The van der Waals surface area contributed by atoms with Crippen molar-refractivity contribution in [3.05, 3.63) is 32.8 Å². The number of rotatable bonds is 0. The van der Waals surface area contributed by atoms with Crippen molar-refractivity contribution in [1.82, 2.24) is 0 Å². The van der Waals surface area contributed by atoms with E-state index in [9.17, 15) is 0 Å². The van der Waals surface area contributed by atoms with Crippen LogP contribution in [-0.4, -0.2) is 0 Å². The van der Waals surface area contributed by atoms with E-state index in [4.69, 9.17) is 65.4 Å². The topological polar surface area (TPSA) is 36.9 Å². The van der Waals surface area contributed by atoms with Crippen LogP contribution in [0.5, 0.6) is 0 Å². The van der Waals surface area contributed by atoms with E-state index in [1.807, 2.05) is 0 Å². The van der Waals surface area contributed by atoms with Crippen molar-refractivity contribution in [2.45, 2.75) is 0 Å². The molecule has 76 valence electrons. The number of hydrogen-bond donors (Lipinski definition) is 0. The van der Waals surface area contributed by atoms with E-state index in [0.717, 1.165) is 0 Å². The summed E-state index contributed by atoms with van der Waals surface area (Å²) in [6, 6.07) is 0. The van der Waals surface area contributed by atoms with Gasteiger partial charge < -0.3 is 18.9 Å². The van der Waals surface area contributed by atoms with E-state index < -0.39 is 0 Å². The summed E-state index contributed by atoms with van der Waals surface area (Å²) < 4.78 is 19.3. The summed E-state index contributed by atoms with van der Waals surface area (Å²) in [7, 11) is 0. The molecule has 4 nitrogen and oxygen atoms in total. The highest BCUT2D eigenvalue weighted by molar-refractivity contribution is 6.38. The SMILES string of the molecule is ClC1=C(Cl)OC(=C2OC(Cl)=C(Cl)O2)O1. The Bertz CT molecular complexity index is 315. The molecule has 0 bridgehead atoms. The molecule has 2 heterocycles. The zero-order valence-electron chi connectivity index (χ0n) is 6.14. The van der Waals surface area contributed by atoms with Crippen LogP contribution in [0.2, 0.25) is 0 Å². The summed E-state index contributed by atoms with van der Waals surface area (Å²) >= 11 is 21.9. The predicted octanol–water partition coefficient (Wildman–Crippen LogP) is 3.42. The smallest absolute Gasteiger partial charge is 0.378 e. The number of halogens is 4. The van der Waals surface area contributed by atoms with Gasteiger partial charge in [0.15, 0.2) is 0 Å². The first-order valence-electron chi connectivity index (χ1n) is 3.14. The minimum absolute atomic E-state index is 0.125. The molecule has 0 N–H and O–H groups in total. The minimum atomic E-state index is -0.159. The predicted molar refractivity (Wildman–Crippen MR) is 48.8 cm³/mol. The molecule has 0 spiro atoms. The molecule has 2 aliphatic rings. The van der Waals surface area contributed by atoms with Crippen LogP contribution < -0.4 is 0 Å². The first kappa shape index (κ1) is 10.1. The summed E-state index contributed by atoms with van der Waals surface area (Å²) in [5, 5.41) is -0.498. The van der Waals surface area contributed by atoms with Gasteiger partial charge in [0.05, 0.1) is 0 Å². The van der Waals surface area contributed by atoms with Crippen LogP contribution in [0.15, 0.2) is 32.8 Å². The first-order valence-corrected chi connectivity index (χ1v) is 4.65. The highest BCUT2D eigenvalue weighted by Crippen LogP contribution is 2.38. The molecule has 0 unspecified atom stereocenters. The largest absolute Gasteiger partial charge is 0.403 e. The lowest BCUT2D eigenvalue weighted by Gasteiger charge is -2.00. The Morgan fingerprint density at radius 2 is 0.714 bits per heavy atom. The molecule has 2 rings (SSSR count). The summed E-state index contributed by atoms with van der Waals surface area (Å²) in [6.07, 6.45) is 0. The fourth-order valence-electron chi connectivity index (χ4n) is 0.694. The van der Waals surface area contributed by atoms with Gasteiger partial charge in [-0.25, -0.2) is 0 Å². The molecule has 14 heavy (non-hydrogen) atoms. The van der Waals surface area contributed by atoms with Gasteiger partial charge in [-0.1, -0.05) is 0 Å². The van der Waals surface area contributed by atoms with Gasteiger partial charge in [0.2, 0.25) is 0 Å². The van der Waals surface area contributed by atoms with E-state index in [1.165, 1.54) is 0 Å². The minimum Gasteiger partial charge on any atom is -0.403 e. The van der Waals surface area contributed by atoms with Crippen molar-refractivity contribution in [3.8, 4) is 0 Å². The monoisotopic (exact) mass is 276 g/mol. The highest BCUT2D eigenvalue weighted by atomic mass is 35.5. The van der Waals surface area contributed by atoms with Gasteiger partial charge >= 0.3 is 11.9 Å². The zero-order valence-corrected chi connectivity index (χ0v) is 9.17. The molecule has 0 aromatic heterocycles. The molecular weight excluding hydrogens is 278 g/mol. The lowest BCUT2D eigenvalue weighted by molar-refractivity contribution is 0.0950. The summed E-state index contributed by atoms with van der Waals surface area (Å²) in [6.45, 7) is 0. The van der Waals surface area contributed by atoms with Crippen LogP contribution >= 0.6 is 46.4 Å². The van der Waals surface area contributed by atoms with Crippen LogP contribution in [0.25, 0.3) is 0 Å². The average Bonchev–Trinajstić information content (AvgIpc) is 2.60. The Morgan fingerprint density at radius 3 is 0.929 bits per heavy atom. The van der Waals surface area contributed by atoms with Crippen molar-refractivity contribution in [1.29, 1.82) is 0 Å². The van der Waals surface area contributed by atoms with E-state index in [0.29, 0.717) is 0 Å². The zero-order chi connectivity index (χ0) is 10.3. The normalized spacial score (nSPS) is 20.9. The highest BCUT2D eigenvalue weighted by Gasteiger charge is 2.32. The third kappa shape index (κ3) is 1.70. The van der Waals surface area contributed by atoms with Crippen molar-refractivity contribution >= 4 is 46.4 Å². The van der Waals surface area contributed by atoms with Crippen LogP contribution in [0.3, 0.4) is 0 Å². The summed E-state index contributed by atoms with van der Waals surface area (Å²) in [4.78, 5) is 0. The Labute approximate surface area is 98.2 Å². The van der Waals surface area contributed by atoms with Crippen LogP contribution in [0.4, 0.5) is 0 Å². The van der Waals surface area contributed by atoms with Gasteiger partial charge in [0.25, 0.3) is 20.9 Å². The molecule has 0 saturated carbocycles. The van der Waals surface area contributed by atoms with Crippen LogP contribution in [0, 0.1) is 0 Å². The van der Waals surface area contributed by atoms with Crippen LogP contribution in [-0.2, 0) is 18.9 Å². The quantitative estimate of drug-likeness (QED) is 0.680. The van der Waals surface area contributed by atoms with Gasteiger partial charge in [-0.15, -0.1) is 0 Å². The molecule has 0 saturated heterocycles. The second kappa shape index (κ2) is 3.62. The Hall–Kier alpha value is -0.420. The van der Waals surface area contributed by atoms with Crippen molar-refractivity contribution in [2.24, 2.45) is 0 Å². The lowest BCUT2D eigenvalue weighted by atomic mass is 10.9. The number of ether oxygens (including phenoxy) is 4. The Morgan fingerprint density at radius 1 is 0.500 bits per heavy atom. The maximum absolute atomic E-state index is 5.48. The fourth-order valence-corrected chi connectivity index (χ4v) is 1.13. The van der Waals surface area contributed by atoms with Crippen molar-refractivity contribution < 1.29 is 18.9 Å². The second-order valence-electron chi connectivity index (χ2n) is 2.08. The molecule has 0 atom stereocenters. The third-order valence-electron chi connectivity index (χ3n) is 1.20. The Kier molecular flexibility index (Phi) is 2.62. The summed E-state index contributed by atoms with van der Waals surface area (Å²) in [5.41, 5.74) is 0. The molecule has 0 amide bonds. The standard InChI is InChI=1S/C6Cl4O4/c7-1-2(8)12-5(11-1)6-13-3(9)4(10)14-6. The molecular formula is C6Cl4O4. The maximum atomic E-state index is 5.48. The van der Waals surface area contributed by atoms with E-state index in [-0.39, 0.29) is 32.8 Å². The third-order valence-corrected chi connectivity index (χ3v) is 2.39. The molecule has 8 heteroatoms. The van der Waals surface area contributed by atoms with E-state index in [2.05, 4.69) is 0 Å². The van der Waals surface area contributed by atoms with Gasteiger partial charge in [-0.2, -0.15) is 0 Å². The fraction of sp³-hybridized carbons (Fsp3) is 0.